The molecule has 0 saturated heterocycles. The van der Waals surface area contributed by atoms with Crippen LogP contribution in [0.3, 0.4) is 0 Å². The lowest BCUT2D eigenvalue weighted by Gasteiger charge is -2.31. The van der Waals surface area contributed by atoms with E-state index in [1.54, 1.807) is 10.9 Å². The number of benzene rings is 1. The van der Waals surface area contributed by atoms with Gasteiger partial charge < -0.3 is 14.4 Å². The molecule has 1 amide bonds. The van der Waals surface area contributed by atoms with Gasteiger partial charge in [-0.1, -0.05) is 18.9 Å². The molecule has 132 valence electrons. The lowest BCUT2D eigenvalue weighted by Crippen LogP contribution is -2.42. The van der Waals surface area contributed by atoms with Crippen molar-refractivity contribution >= 4 is 5.91 Å². The van der Waals surface area contributed by atoms with Crippen molar-refractivity contribution in [2.75, 3.05) is 6.79 Å². The van der Waals surface area contributed by atoms with Crippen LogP contribution in [-0.2, 0) is 11.3 Å². The maximum Gasteiger partial charge on any atom is 0.247 e. The normalized spacial score (nSPS) is 17.6. The first kappa shape index (κ1) is 16.0. The van der Waals surface area contributed by atoms with Crippen molar-refractivity contribution in [1.82, 2.24) is 14.7 Å². The molecule has 2 aromatic rings. The molecule has 2 heterocycles. The Labute approximate surface area is 147 Å². The SMILES string of the molecule is CC(C(=O)N(Cc1ccc2c(c1)OCO2)C1CCCC1)n1cccn1. The minimum Gasteiger partial charge on any atom is -0.454 e. The quantitative estimate of drug-likeness (QED) is 0.838. The Morgan fingerprint density at radius 1 is 1.32 bits per heavy atom. The number of hydrogen-bond donors (Lipinski definition) is 0. The summed E-state index contributed by atoms with van der Waals surface area (Å²) in [4.78, 5) is 15.2. The van der Waals surface area contributed by atoms with Gasteiger partial charge in [0.1, 0.15) is 6.04 Å². The van der Waals surface area contributed by atoms with Gasteiger partial charge in [-0.3, -0.25) is 9.48 Å². The van der Waals surface area contributed by atoms with Gasteiger partial charge >= 0.3 is 0 Å². The zero-order valence-electron chi connectivity index (χ0n) is 14.4. The molecule has 2 aliphatic rings. The third kappa shape index (κ3) is 3.21. The van der Waals surface area contributed by atoms with Crippen LogP contribution in [0.5, 0.6) is 11.5 Å². The molecular weight excluding hydrogens is 318 g/mol. The first-order chi connectivity index (χ1) is 12.2. The molecule has 1 saturated carbocycles. The molecular formula is C19H23N3O3. The second kappa shape index (κ2) is 6.78. The summed E-state index contributed by atoms with van der Waals surface area (Å²) >= 11 is 0. The van der Waals surface area contributed by atoms with Crippen molar-refractivity contribution < 1.29 is 14.3 Å². The van der Waals surface area contributed by atoms with Crippen molar-refractivity contribution in [2.24, 2.45) is 0 Å². The third-order valence-corrected chi connectivity index (χ3v) is 5.12. The molecule has 1 unspecified atom stereocenters. The van der Waals surface area contributed by atoms with Crippen molar-refractivity contribution in [3.05, 3.63) is 42.2 Å². The Morgan fingerprint density at radius 2 is 2.12 bits per heavy atom. The zero-order chi connectivity index (χ0) is 17.2. The van der Waals surface area contributed by atoms with Crippen LogP contribution in [0.4, 0.5) is 0 Å². The number of aromatic nitrogens is 2. The summed E-state index contributed by atoms with van der Waals surface area (Å²) < 4.78 is 12.6. The summed E-state index contributed by atoms with van der Waals surface area (Å²) in [5, 5.41) is 4.23. The number of ether oxygens (including phenoxy) is 2. The molecule has 1 atom stereocenters. The fraction of sp³-hybridized carbons (Fsp3) is 0.474. The van der Waals surface area contributed by atoms with Crippen LogP contribution >= 0.6 is 0 Å². The van der Waals surface area contributed by atoms with Gasteiger partial charge in [-0.2, -0.15) is 5.10 Å². The molecule has 25 heavy (non-hydrogen) atoms. The van der Waals surface area contributed by atoms with E-state index in [0.717, 1.165) is 29.9 Å². The molecule has 0 spiro atoms. The molecule has 0 bridgehead atoms. The summed E-state index contributed by atoms with van der Waals surface area (Å²) in [6.45, 7) is 2.77. The molecule has 0 radical (unpaired) electrons. The fourth-order valence-corrected chi connectivity index (χ4v) is 3.70. The highest BCUT2D eigenvalue weighted by atomic mass is 16.7. The van der Waals surface area contributed by atoms with Crippen molar-refractivity contribution in [1.29, 1.82) is 0 Å². The fourth-order valence-electron chi connectivity index (χ4n) is 3.70. The van der Waals surface area contributed by atoms with Gasteiger partial charge in [0.15, 0.2) is 11.5 Å². The number of amides is 1. The number of hydrogen-bond acceptors (Lipinski definition) is 4. The Kier molecular flexibility index (Phi) is 4.34. The van der Waals surface area contributed by atoms with E-state index in [1.165, 1.54) is 12.8 Å². The summed E-state index contributed by atoms with van der Waals surface area (Å²) in [5.74, 6) is 1.65. The summed E-state index contributed by atoms with van der Waals surface area (Å²) in [6, 6.07) is 7.77. The third-order valence-electron chi connectivity index (χ3n) is 5.12. The van der Waals surface area contributed by atoms with Crippen LogP contribution in [0.1, 0.15) is 44.2 Å². The molecule has 1 aliphatic heterocycles. The first-order valence-corrected chi connectivity index (χ1v) is 8.90. The van der Waals surface area contributed by atoms with Gasteiger partial charge in [0.05, 0.1) is 0 Å². The van der Waals surface area contributed by atoms with Crippen LogP contribution in [0.15, 0.2) is 36.7 Å². The largest absolute Gasteiger partial charge is 0.454 e. The van der Waals surface area contributed by atoms with E-state index in [-0.39, 0.29) is 18.7 Å². The Hall–Kier alpha value is -2.50. The zero-order valence-corrected chi connectivity index (χ0v) is 14.4. The van der Waals surface area contributed by atoms with Crippen molar-refractivity contribution in [3.8, 4) is 11.5 Å². The van der Waals surface area contributed by atoms with Crippen molar-refractivity contribution in [2.45, 2.75) is 51.2 Å². The average Bonchev–Trinajstić information content (AvgIpc) is 3.40. The van der Waals surface area contributed by atoms with E-state index in [2.05, 4.69) is 5.10 Å². The van der Waals surface area contributed by atoms with Gasteiger partial charge in [0.25, 0.3) is 0 Å². The van der Waals surface area contributed by atoms with E-state index >= 15 is 0 Å². The van der Waals surface area contributed by atoms with E-state index in [4.69, 9.17) is 9.47 Å². The topological polar surface area (TPSA) is 56.6 Å². The van der Waals surface area contributed by atoms with Gasteiger partial charge in [0.2, 0.25) is 12.7 Å². The highest BCUT2D eigenvalue weighted by Gasteiger charge is 2.30. The van der Waals surface area contributed by atoms with Crippen LogP contribution < -0.4 is 9.47 Å². The number of rotatable bonds is 5. The second-order valence-electron chi connectivity index (χ2n) is 6.75. The molecule has 1 fully saturated rings. The first-order valence-electron chi connectivity index (χ1n) is 8.90. The number of carbonyl (C=O) groups excluding carboxylic acids is 1. The standard InChI is InChI=1S/C19H23N3O3/c1-14(22-10-4-9-20-22)19(23)21(16-5-2-3-6-16)12-15-7-8-17-18(11-15)25-13-24-17/h4,7-11,14,16H,2-3,5-6,12-13H2,1H3. The minimum atomic E-state index is -0.301. The molecule has 6 nitrogen and oxygen atoms in total. The van der Waals surface area contributed by atoms with E-state index in [1.807, 2.05) is 42.3 Å². The van der Waals surface area contributed by atoms with Crippen molar-refractivity contribution in [3.63, 3.8) is 0 Å². The predicted octanol–water partition coefficient (Wildman–Crippen LogP) is 3.14. The Morgan fingerprint density at radius 3 is 2.88 bits per heavy atom. The smallest absolute Gasteiger partial charge is 0.247 e. The van der Waals surface area contributed by atoms with E-state index in [9.17, 15) is 4.79 Å². The Balaban J connectivity index is 1.56. The van der Waals surface area contributed by atoms with Gasteiger partial charge in [-0.25, -0.2) is 0 Å². The Bertz CT molecular complexity index is 738. The highest BCUT2D eigenvalue weighted by Crippen LogP contribution is 2.34. The van der Waals surface area contributed by atoms with Gasteiger partial charge in [0, 0.05) is 25.0 Å². The van der Waals surface area contributed by atoms with E-state index in [0.29, 0.717) is 12.6 Å². The highest BCUT2D eigenvalue weighted by molar-refractivity contribution is 5.80. The van der Waals surface area contributed by atoms with E-state index < -0.39 is 0 Å². The average molecular weight is 341 g/mol. The second-order valence-corrected chi connectivity index (χ2v) is 6.75. The predicted molar refractivity (Wildman–Crippen MR) is 92.3 cm³/mol. The maximum absolute atomic E-state index is 13.2. The van der Waals surface area contributed by atoms with Crippen LogP contribution in [0, 0.1) is 0 Å². The molecule has 0 N–H and O–H groups in total. The summed E-state index contributed by atoms with van der Waals surface area (Å²) in [7, 11) is 0. The van der Waals surface area contributed by atoms with Crippen LogP contribution in [-0.4, -0.2) is 33.4 Å². The lowest BCUT2D eigenvalue weighted by molar-refractivity contribution is -0.137. The minimum absolute atomic E-state index is 0.119. The molecule has 4 rings (SSSR count). The monoisotopic (exact) mass is 341 g/mol. The summed E-state index contributed by atoms with van der Waals surface area (Å²) in [6.07, 6.45) is 8.07. The van der Waals surface area contributed by atoms with Gasteiger partial charge in [-0.05, 0) is 43.5 Å². The molecule has 1 aliphatic carbocycles. The number of fused-ring (bicyclic) bond motifs is 1. The number of nitrogens with zero attached hydrogens (tertiary/aromatic N) is 3. The molecule has 1 aromatic heterocycles. The molecule has 6 heteroatoms. The van der Waals surface area contributed by atoms with Gasteiger partial charge in [-0.15, -0.1) is 0 Å². The number of carbonyl (C=O) groups is 1. The van der Waals surface area contributed by atoms with Crippen LogP contribution in [0.25, 0.3) is 0 Å². The molecule has 1 aromatic carbocycles. The lowest BCUT2D eigenvalue weighted by atomic mass is 10.1. The van der Waals surface area contributed by atoms with Crippen LogP contribution in [0.2, 0.25) is 0 Å². The maximum atomic E-state index is 13.2. The summed E-state index contributed by atoms with van der Waals surface area (Å²) in [5.41, 5.74) is 1.07.